The van der Waals surface area contributed by atoms with Crippen LogP contribution in [0.5, 0.6) is 0 Å². The van der Waals surface area contributed by atoms with Crippen molar-refractivity contribution in [3.05, 3.63) is 18.0 Å². The lowest BCUT2D eigenvalue weighted by Gasteiger charge is -2.37. The molecule has 0 amide bonds. The Kier molecular flexibility index (Phi) is 4.43. The Hall–Kier alpha value is -0.910. The molecule has 0 radical (unpaired) electrons. The highest BCUT2D eigenvalue weighted by Gasteiger charge is 2.44. The van der Waals surface area contributed by atoms with Gasteiger partial charge >= 0.3 is 0 Å². The lowest BCUT2D eigenvalue weighted by atomic mass is 9.77. The second-order valence-electron chi connectivity index (χ2n) is 7.63. The van der Waals surface area contributed by atoms with Crippen LogP contribution in [0, 0.1) is 18.8 Å². The smallest absolute Gasteiger partial charge is 0.0798 e. The normalized spacial score (nSPS) is 36.3. The van der Waals surface area contributed by atoms with Crippen molar-refractivity contribution in [1.82, 2.24) is 14.7 Å². The molecule has 0 unspecified atom stereocenters. The van der Waals surface area contributed by atoms with Gasteiger partial charge in [-0.3, -0.25) is 9.58 Å². The average molecular weight is 319 g/mol. The highest BCUT2D eigenvalue weighted by molar-refractivity contribution is 5.03. The Bertz CT molecular complexity index is 526. The molecule has 0 spiro atoms. The average Bonchev–Trinajstić information content (AvgIpc) is 3.20. The van der Waals surface area contributed by atoms with Gasteiger partial charge in [0.25, 0.3) is 0 Å². The van der Waals surface area contributed by atoms with E-state index in [4.69, 9.17) is 9.47 Å². The molecule has 3 fully saturated rings. The number of ether oxygens (including phenoxy) is 2. The molecule has 1 aliphatic carbocycles. The molecule has 2 aliphatic heterocycles. The van der Waals surface area contributed by atoms with Crippen molar-refractivity contribution in [2.75, 3.05) is 33.4 Å². The maximum Gasteiger partial charge on any atom is 0.0798 e. The lowest BCUT2D eigenvalue weighted by molar-refractivity contribution is -0.00495. The zero-order chi connectivity index (χ0) is 15.8. The van der Waals surface area contributed by atoms with Gasteiger partial charge in [-0.2, -0.15) is 5.10 Å². The molecule has 5 heteroatoms. The summed E-state index contributed by atoms with van der Waals surface area (Å²) in [5.41, 5.74) is 1.23. The highest BCUT2D eigenvalue weighted by atomic mass is 16.5. The third kappa shape index (κ3) is 3.06. The summed E-state index contributed by atoms with van der Waals surface area (Å²) in [6, 6.07) is 1.13. The fourth-order valence-electron chi connectivity index (χ4n) is 4.92. The van der Waals surface area contributed by atoms with E-state index in [0.717, 1.165) is 31.1 Å². The van der Waals surface area contributed by atoms with E-state index in [9.17, 15) is 0 Å². The van der Waals surface area contributed by atoms with E-state index in [1.165, 1.54) is 44.3 Å². The molecule has 4 rings (SSSR count). The van der Waals surface area contributed by atoms with Gasteiger partial charge in [0.05, 0.1) is 18.3 Å². The molecular weight excluding hydrogens is 290 g/mol. The Morgan fingerprint density at radius 2 is 1.91 bits per heavy atom. The van der Waals surface area contributed by atoms with Crippen LogP contribution in [-0.2, 0) is 9.47 Å². The van der Waals surface area contributed by atoms with Crippen molar-refractivity contribution in [3.63, 3.8) is 0 Å². The van der Waals surface area contributed by atoms with Gasteiger partial charge in [0, 0.05) is 45.7 Å². The summed E-state index contributed by atoms with van der Waals surface area (Å²) in [6.45, 7) is 6.49. The first-order chi connectivity index (χ1) is 11.2. The molecule has 0 N–H and O–H groups in total. The molecule has 4 atom stereocenters. The summed E-state index contributed by atoms with van der Waals surface area (Å²) in [4.78, 5) is 2.74. The summed E-state index contributed by atoms with van der Waals surface area (Å²) in [5, 5.41) is 4.57. The molecule has 3 heterocycles. The third-order valence-electron chi connectivity index (χ3n) is 6.19. The van der Waals surface area contributed by atoms with Crippen molar-refractivity contribution < 1.29 is 9.47 Å². The number of methoxy groups -OCH3 is 1. The summed E-state index contributed by atoms with van der Waals surface area (Å²) < 4.78 is 13.5. The molecule has 1 aromatic rings. The number of rotatable bonds is 3. The van der Waals surface area contributed by atoms with Crippen molar-refractivity contribution >= 4 is 0 Å². The molecule has 128 valence electrons. The molecule has 1 aromatic heterocycles. The minimum absolute atomic E-state index is 0.296. The number of nitrogens with zero attached hydrogens (tertiary/aromatic N) is 3. The van der Waals surface area contributed by atoms with Crippen molar-refractivity contribution in [1.29, 1.82) is 0 Å². The monoisotopic (exact) mass is 319 g/mol. The number of hydrogen-bond donors (Lipinski definition) is 0. The topological polar surface area (TPSA) is 39.5 Å². The minimum atomic E-state index is 0.296. The number of aryl methyl sites for hydroxylation is 1. The van der Waals surface area contributed by atoms with E-state index in [-0.39, 0.29) is 0 Å². The van der Waals surface area contributed by atoms with Gasteiger partial charge in [0.15, 0.2) is 0 Å². The van der Waals surface area contributed by atoms with E-state index >= 15 is 0 Å². The predicted octanol–water partition coefficient (Wildman–Crippen LogP) is 2.27. The Morgan fingerprint density at radius 1 is 1.17 bits per heavy atom. The summed E-state index contributed by atoms with van der Waals surface area (Å²) in [5.74, 6) is 1.58. The molecule has 5 nitrogen and oxygen atoms in total. The number of fused-ring (bicyclic) bond motifs is 1. The van der Waals surface area contributed by atoms with Crippen molar-refractivity contribution in [2.45, 2.75) is 50.8 Å². The van der Waals surface area contributed by atoms with Gasteiger partial charge in [-0.05, 0) is 50.0 Å². The van der Waals surface area contributed by atoms with Crippen LogP contribution < -0.4 is 0 Å². The summed E-state index contributed by atoms with van der Waals surface area (Å²) in [6.07, 6.45) is 9.20. The number of aromatic nitrogens is 2. The Balaban J connectivity index is 1.46. The molecular formula is C18H29N3O2. The zero-order valence-electron chi connectivity index (χ0n) is 14.4. The van der Waals surface area contributed by atoms with Gasteiger partial charge in [-0.15, -0.1) is 0 Å². The van der Waals surface area contributed by atoms with Crippen molar-refractivity contribution in [2.24, 2.45) is 11.8 Å². The van der Waals surface area contributed by atoms with E-state index < -0.39 is 0 Å². The quantitative estimate of drug-likeness (QED) is 0.857. The largest absolute Gasteiger partial charge is 0.381 e. The van der Waals surface area contributed by atoms with Crippen molar-refractivity contribution in [3.8, 4) is 0 Å². The van der Waals surface area contributed by atoms with Gasteiger partial charge in [-0.1, -0.05) is 0 Å². The second kappa shape index (κ2) is 6.54. The molecule has 0 bridgehead atoms. The first-order valence-electron chi connectivity index (χ1n) is 9.10. The SMILES string of the molecule is CO[C@H]1C[C@@H]2CN(C3CCOCC3)C[C@@H]2C[C@@H]1n1cc(C)cn1. The van der Waals surface area contributed by atoms with Crippen LogP contribution in [-0.4, -0.2) is 60.2 Å². The molecule has 0 aromatic carbocycles. The number of hydrogen-bond acceptors (Lipinski definition) is 4. The first kappa shape index (κ1) is 15.6. The Labute approximate surface area is 138 Å². The van der Waals surface area contributed by atoms with Crippen LogP contribution in [0.1, 0.15) is 37.3 Å². The fraction of sp³-hybridized carbons (Fsp3) is 0.833. The molecule has 3 aliphatic rings. The van der Waals surface area contributed by atoms with Crippen LogP contribution in [0.3, 0.4) is 0 Å². The Morgan fingerprint density at radius 3 is 2.57 bits per heavy atom. The molecule has 2 saturated heterocycles. The maximum absolute atomic E-state index is 5.86. The first-order valence-corrected chi connectivity index (χ1v) is 9.10. The second-order valence-corrected chi connectivity index (χ2v) is 7.63. The van der Waals surface area contributed by atoms with E-state index in [2.05, 4.69) is 27.8 Å². The van der Waals surface area contributed by atoms with Gasteiger partial charge in [0.2, 0.25) is 0 Å². The van der Waals surface area contributed by atoms with Crippen LogP contribution in [0.2, 0.25) is 0 Å². The van der Waals surface area contributed by atoms with E-state index in [1.807, 2.05) is 13.3 Å². The van der Waals surface area contributed by atoms with Crippen LogP contribution in [0.4, 0.5) is 0 Å². The van der Waals surface area contributed by atoms with Crippen LogP contribution in [0.15, 0.2) is 12.4 Å². The van der Waals surface area contributed by atoms with Gasteiger partial charge in [0.1, 0.15) is 0 Å². The minimum Gasteiger partial charge on any atom is -0.381 e. The van der Waals surface area contributed by atoms with E-state index in [0.29, 0.717) is 12.1 Å². The maximum atomic E-state index is 5.86. The third-order valence-corrected chi connectivity index (χ3v) is 6.19. The fourth-order valence-corrected chi connectivity index (χ4v) is 4.92. The summed E-state index contributed by atoms with van der Waals surface area (Å²) in [7, 11) is 1.86. The lowest BCUT2D eigenvalue weighted by Crippen LogP contribution is -2.38. The summed E-state index contributed by atoms with van der Waals surface area (Å²) >= 11 is 0. The van der Waals surface area contributed by atoms with Gasteiger partial charge < -0.3 is 9.47 Å². The van der Waals surface area contributed by atoms with Gasteiger partial charge in [-0.25, -0.2) is 0 Å². The molecule has 23 heavy (non-hydrogen) atoms. The van der Waals surface area contributed by atoms with E-state index in [1.54, 1.807) is 0 Å². The predicted molar refractivity (Wildman–Crippen MR) is 88.4 cm³/mol. The number of likely N-dealkylation sites (tertiary alicyclic amines) is 1. The van der Waals surface area contributed by atoms with Crippen LogP contribution in [0.25, 0.3) is 0 Å². The molecule has 1 saturated carbocycles. The standard InChI is InChI=1S/C18H29N3O2/c1-13-9-19-21(10-13)17-7-14-11-20(16-3-5-23-6-4-16)12-15(14)8-18(17)22-2/h9-10,14-18H,3-8,11-12H2,1-2H3/t14-,15+,17-,18-/m0/s1. The highest BCUT2D eigenvalue weighted by Crippen LogP contribution is 2.43. The van der Waals surface area contributed by atoms with Crippen LogP contribution >= 0.6 is 0 Å². The zero-order valence-corrected chi connectivity index (χ0v) is 14.4.